The van der Waals surface area contributed by atoms with Crippen LogP contribution in [-0.2, 0) is 22.4 Å². The van der Waals surface area contributed by atoms with Crippen LogP contribution in [0.15, 0.2) is 72.3 Å². The van der Waals surface area contributed by atoms with Crippen molar-refractivity contribution in [3.63, 3.8) is 0 Å². The minimum Gasteiger partial charge on any atom is -0.507 e. The molecule has 3 aromatic carbocycles. The molecule has 3 aromatic rings. The van der Waals surface area contributed by atoms with Crippen molar-refractivity contribution in [1.29, 1.82) is 0 Å². The molecule has 0 saturated carbocycles. The van der Waals surface area contributed by atoms with Gasteiger partial charge in [-0.05, 0) is 79.6 Å². The van der Waals surface area contributed by atoms with Gasteiger partial charge in [0.15, 0.2) is 11.5 Å². The minimum atomic E-state index is -0.791. The number of nitrogens with zero attached hydrogens (tertiary/aromatic N) is 1. The van der Waals surface area contributed by atoms with Gasteiger partial charge in [0.2, 0.25) is 0 Å². The third-order valence-electron chi connectivity index (χ3n) is 7.73. The molecule has 0 aliphatic carbocycles. The van der Waals surface area contributed by atoms with Crippen molar-refractivity contribution in [3.8, 4) is 17.2 Å². The molecule has 42 heavy (non-hydrogen) atoms. The lowest BCUT2D eigenvalue weighted by molar-refractivity contribution is -0.139. The highest BCUT2D eigenvalue weighted by Crippen LogP contribution is 2.43. The Morgan fingerprint density at radius 1 is 1.02 bits per heavy atom. The van der Waals surface area contributed by atoms with Gasteiger partial charge in [-0.1, -0.05) is 50.2 Å². The Hall–Kier alpha value is -4.26. The molecule has 1 saturated heterocycles. The maximum absolute atomic E-state index is 13.6. The number of Topliss-reactive ketones (excluding diaryl/α,β-unsaturated/α-hetero) is 1. The molecule has 1 N–H and O–H groups in total. The number of ketones is 1. The Balaban J connectivity index is 1.56. The number of hydrogen-bond donors (Lipinski definition) is 1. The first-order valence-electron chi connectivity index (χ1n) is 14.8. The van der Waals surface area contributed by atoms with E-state index in [1.54, 1.807) is 11.0 Å². The molecule has 0 radical (unpaired) electrons. The zero-order valence-electron chi connectivity index (χ0n) is 24.8. The molecular formula is C35H39NO6. The summed E-state index contributed by atoms with van der Waals surface area (Å²) in [5, 5.41) is 11.6. The van der Waals surface area contributed by atoms with E-state index in [-0.39, 0.29) is 17.4 Å². The van der Waals surface area contributed by atoms with Gasteiger partial charge in [-0.25, -0.2) is 0 Å². The molecule has 1 fully saturated rings. The summed E-state index contributed by atoms with van der Waals surface area (Å²) in [6.45, 7) is 9.45. The van der Waals surface area contributed by atoms with Crippen LogP contribution in [0.1, 0.15) is 62.4 Å². The fraction of sp³-hybridized carbons (Fsp3) is 0.371. The summed E-state index contributed by atoms with van der Waals surface area (Å²) in [7, 11) is 0. The number of rotatable bonds is 11. The van der Waals surface area contributed by atoms with Crippen LogP contribution in [0.2, 0.25) is 0 Å². The molecule has 5 rings (SSSR count). The number of likely N-dealkylation sites (tertiary alicyclic amines) is 1. The first-order valence-corrected chi connectivity index (χ1v) is 14.8. The Morgan fingerprint density at radius 2 is 1.81 bits per heavy atom. The summed E-state index contributed by atoms with van der Waals surface area (Å²) in [5.74, 6) is 0.882. The summed E-state index contributed by atoms with van der Waals surface area (Å²) < 4.78 is 17.8. The number of fused-ring (bicyclic) bond motifs is 1. The smallest absolute Gasteiger partial charge is 0.295 e. The standard InChI is InChI=1S/C35H39NO6/c1-5-40-30-21-25(11-14-29(30)41-18-16-22(2)3)32-31(33(37)26-12-13-28-27(20-26)19-23(4)42-28)34(38)35(39)36(32)17-15-24-9-7-6-8-10-24/h6-14,20-23,32,37H,5,15-19H2,1-4H3/t23-,32-/m0/s1. The van der Waals surface area contributed by atoms with Gasteiger partial charge in [0, 0.05) is 18.5 Å². The molecular weight excluding hydrogens is 530 g/mol. The molecule has 220 valence electrons. The Kier molecular flexibility index (Phi) is 8.86. The molecule has 2 heterocycles. The van der Waals surface area contributed by atoms with E-state index in [9.17, 15) is 14.7 Å². The number of carbonyl (C=O) groups is 2. The first-order chi connectivity index (χ1) is 20.3. The van der Waals surface area contributed by atoms with Crippen molar-refractivity contribution >= 4 is 17.4 Å². The van der Waals surface area contributed by atoms with Gasteiger partial charge in [-0.3, -0.25) is 9.59 Å². The van der Waals surface area contributed by atoms with E-state index in [4.69, 9.17) is 14.2 Å². The SMILES string of the molecule is CCOc1cc([C@H]2C(=C(O)c3ccc4c(c3)C[C@H](C)O4)C(=O)C(=O)N2CCc2ccccc2)ccc1OCCC(C)C. The lowest BCUT2D eigenvalue weighted by Gasteiger charge is -2.26. The zero-order valence-corrected chi connectivity index (χ0v) is 24.8. The number of carbonyl (C=O) groups excluding carboxylic acids is 2. The van der Waals surface area contributed by atoms with Gasteiger partial charge < -0.3 is 24.2 Å². The van der Waals surface area contributed by atoms with Crippen LogP contribution < -0.4 is 14.2 Å². The molecule has 1 amide bonds. The van der Waals surface area contributed by atoms with Crippen LogP contribution in [0.5, 0.6) is 17.2 Å². The second-order valence-electron chi connectivity index (χ2n) is 11.4. The number of aliphatic hydroxyl groups is 1. The first kappa shape index (κ1) is 29.2. The Bertz CT molecular complexity index is 1480. The summed E-state index contributed by atoms with van der Waals surface area (Å²) in [4.78, 5) is 28.7. The molecule has 7 nitrogen and oxygen atoms in total. The predicted octanol–water partition coefficient (Wildman–Crippen LogP) is 6.50. The van der Waals surface area contributed by atoms with Crippen molar-refractivity contribution in [2.24, 2.45) is 5.92 Å². The third-order valence-corrected chi connectivity index (χ3v) is 7.73. The van der Waals surface area contributed by atoms with Crippen molar-refractivity contribution in [2.45, 2.75) is 59.1 Å². The average molecular weight is 570 g/mol. The number of hydrogen-bond acceptors (Lipinski definition) is 6. The summed E-state index contributed by atoms with van der Waals surface area (Å²) in [5.41, 5.74) is 3.23. The lowest BCUT2D eigenvalue weighted by atomic mass is 9.94. The molecule has 0 spiro atoms. The average Bonchev–Trinajstić information content (AvgIpc) is 3.47. The van der Waals surface area contributed by atoms with Crippen LogP contribution in [-0.4, -0.2) is 47.6 Å². The fourth-order valence-corrected chi connectivity index (χ4v) is 5.56. The van der Waals surface area contributed by atoms with E-state index in [0.717, 1.165) is 23.3 Å². The number of amides is 1. The maximum Gasteiger partial charge on any atom is 0.295 e. The van der Waals surface area contributed by atoms with Crippen LogP contribution in [0.3, 0.4) is 0 Å². The quantitative estimate of drug-likeness (QED) is 0.161. The van der Waals surface area contributed by atoms with Crippen LogP contribution in [0.4, 0.5) is 0 Å². The number of aliphatic hydroxyl groups excluding tert-OH is 1. The van der Waals surface area contributed by atoms with E-state index in [1.807, 2.05) is 74.5 Å². The highest BCUT2D eigenvalue weighted by Gasteiger charge is 2.46. The van der Waals surface area contributed by atoms with Gasteiger partial charge in [0.1, 0.15) is 17.6 Å². The molecule has 2 atom stereocenters. The van der Waals surface area contributed by atoms with Crippen molar-refractivity contribution in [2.75, 3.05) is 19.8 Å². The summed E-state index contributed by atoms with van der Waals surface area (Å²) >= 11 is 0. The molecule has 7 heteroatoms. The predicted molar refractivity (Wildman–Crippen MR) is 162 cm³/mol. The fourth-order valence-electron chi connectivity index (χ4n) is 5.56. The highest BCUT2D eigenvalue weighted by molar-refractivity contribution is 6.46. The van der Waals surface area contributed by atoms with Gasteiger partial charge in [-0.15, -0.1) is 0 Å². The molecule has 0 bridgehead atoms. The normalized spacial score (nSPS) is 19.2. The highest BCUT2D eigenvalue weighted by atomic mass is 16.5. The monoisotopic (exact) mass is 569 g/mol. The second-order valence-corrected chi connectivity index (χ2v) is 11.4. The van der Waals surface area contributed by atoms with Crippen LogP contribution >= 0.6 is 0 Å². The lowest BCUT2D eigenvalue weighted by Crippen LogP contribution is -2.31. The van der Waals surface area contributed by atoms with Crippen LogP contribution in [0.25, 0.3) is 5.76 Å². The largest absolute Gasteiger partial charge is 0.507 e. The van der Waals surface area contributed by atoms with Gasteiger partial charge >= 0.3 is 0 Å². The van der Waals surface area contributed by atoms with Crippen molar-refractivity contribution in [3.05, 3.63) is 94.6 Å². The van der Waals surface area contributed by atoms with Gasteiger partial charge in [-0.2, -0.15) is 0 Å². The third kappa shape index (κ3) is 6.15. The minimum absolute atomic E-state index is 0.0409. The maximum atomic E-state index is 13.6. The molecule has 0 aromatic heterocycles. The Labute approximate surface area is 247 Å². The molecule has 0 unspecified atom stereocenters. The van der Waals surface area contributed by atoms with E-state index >= 15 is 0 Å². The Morgan fingerprint density at radius 3 is 2.55 bits per heavy atom. The summed E-state index contributed by atoms with van der Waals surface area (Å²) in [6, 6.07) is 19.9. The van der Waals surface area contributed by atoms with Gasteiger partial charge in [0.05, 0.1) is 24.8 Å². The zero-order chi connectivity index (χ0) is 29.8. The summed E-state index contributed by atoms with van der Waals surface area (Å²) in [6.07, 6.45) is 2.21. The number of benzene rings is 3. The van der Waals surface area contributed by atoms with E-state index in [2.05, 4.69) is 13.8 Å². The van der Waals surface area contributed by atoms with Crippen molar-refractivity contribution in [1.82, 2.24) is 4.90 Å². The van der Waals surface area contributed by atoms with Gasteiger partial charge in [0.25, 0.3) is 11.7 Å². The molecule has 2 aliphatic heterocycles. The van der Waals surface area contributed by atoms with E-state index in [1.165, 1.54) is 0 Å². The second kappa shape index (κ2) is 12.7. The number of ether oxygens (including phenoxy) is 3. The van der Waals surface area contributed by atoms with Crippen LogP contribution in [0, 0.1) is 5.92 Å². The molecule has 2 aliphatic rings. The topological polar surface area (TPSA) is 85.3 Å². The van der Waals surface area contributed by atoms with E-state index in [0.29, 0.717) is 61.1 Å². The van der Waals surface area contributed by atoms with Crippen molar-refractivity contribution < 1.29 is 28.9 Å². The van der Waals surface area contributed by atoms with E-state index < -0.39 is 17.7 Å².